The standard InChI is InChI=1S/C12H12F2N4O2/c1-19-8-3-2-7(6-9(8)20-12(13)14)11-16-5-4-10(17-11)18-15/h2-6,12H,15H2,1H3,(H,16,17,18). The van der Waals surface area contributed by atoms with Crippen molar-refractivity contribution < 1.29 is 18.3 Å². The number of aromatic nitrogens is 2. The van der Waals surface area contributed by atoms with Crippen molar-refractivity contribution in [1.29, 1.82) is 0 Å². The maximum absolute atomic E-state index is 12.4. The Bertz CT molecular complexity index is 595. The van der Waals surface area contributed by atoms with Gasteiger partial charge in [-0.05, 0) is 18.2 Å². The predicted molar refractivity (Wildman–Crippen MR) is 68.5 cm³/mol. The fourth-order valence-electron chi connectivity index (χ4n) is 1.58. The lowest BCUT2D eigenvalue weighted by molar-refractivity contribution is -0.0511. The minimum absolute atomic E-state index is 0.0882. The fraction of sp³-hybridized carbons (Fsp3) is 0.167. The first-order chi connectivity index (χ1) is 9.63. The second kappa shape index (κ2) is 6.11. The van der Waals surface area contributed by atoms with Gasteiger partial charge in [0.15, 0.2) is 17.3 Å². The van der Waals surface area contributed by atoms with Crippen LogP contribution in [0.1, 0.15) is 0 Å². The largest absolute Gasteiger partial charge is 0.493 e. The molecule has 0 bridgehead atoms. The summed E-state index contributed by atoms with van der Waals surface area (Å²) in [5.74, 6) is 6.09. The molecule has 106 valence electrons. The Morgan fingerprint density at radius 3 is 2.70 bits per heavy atom. The molecular weight excluding hydrogens is 270 g/mol. The summed E-state index contributed by atoms with van der Waals surface area (Å²) in [6.45, 7) is -2.95. The lowest BCUT2D eigenvalue weighted by Gasteiger charge is -2.11. The number of nitrogens with two attached hydrogens (primary N) is 1. The van der Waals surface area contributed by atoms with Crippen molar-refractivity contribution in [3.63, 3.8) is 0 Å². The minimum atomic E-state index is -2.95. The van der Waals surface area contributed by atoms with Crippen molar-refractivity contribution in [3.8, 4) is 22.9 Å². The van der Waals surface area contributed by atoms with Crippen molar-refractivity contribution in [2.75, 3.05) is 12.5 Å². The SMILES string of the molecule is COc1ccc(-c2nccc(NN)n2)cc1OC(F)F. The highest BCUT2D eigenvalue weighted by Gasteiger charge is 2.13. The Hall–Kier alpha value is -2.48. The van der Waals surface area contributed by atoms with Gasteiger partial charge in [-0.1, -0.05) is 0 Å². The van der Waals surface area contributed by atoms with Gasteiger partial charge in [-0.25, -0.2) is 15.8 Å². The van der Waals surface area contributed by atoms with E-state index in [1.54, 1.807) is 12.1 Å². The number of hydrazine groups is 1. The van der Waals surface area contributed by atoms with Gasteiger partial charge in [-0.15, -0.1) is 0 Å². The summed E-state index contributed by atoms with van der Waals surface area (Å²) >= 11 is 0. The molecule has 0 spiro atoms. The van der Waals surface area contributed by atoms with Gasteiger partial charge in [0.05, 0.1) is 7.11 Å². The van der Waals surface area contributed by atoms with Gasteiger partial charge in [0, 0.05) is 17.8 Å². The van der Waals surface area contributed by atoms with Crippen LogP contribution in [0.25, 0.3) is 11.4 Å². The van der Waals surface area contributed by atoms with Crippen LogP contribution >= 0.6 is 0 Å². The Labute approximate surface area is 113 Å². The quantitative estimate of drug-likeness (QED) is 0.645. The summed E-state index contributed by atoms with van der Waals surface area (Å²) in [5.41, 5.74) is 2.88. The van der Waals surface area contributed by atoms with Gasteiger partial charge in [-0.2, -0.15) is 8.78 Å². The zero-order valence-electron chi connectivity index (χ0n) is 10.5. The number of hydrogen-bond acceptors (Lipinski definition) is 6. The lowest BCUT2D eigenvalue weighted by Crippen LogP contribution is -2.09. The molecule has 1 heterocycles. The smallest absolute Gasteiger partial charge is 0.387 e. The molecule has 0 saturated heterocycles. The molecule has 8 heteroatoms. The summed E-state index contributed by atoms with van der Waals surface area (Å²) in [7, 11) is 1.36. The highest BCUT2D eigenvalue weighted by atomic mass is 19.3. The summed E-state index contributed by atoms with van der Waals surface area (Å²) in [5, 5.41) is 0. The van der Waals surface area contributed by atoms with Gasteiger partial charge in [0.25, 0.3) is 0 Å². The number of nitrogens with one attached hydrogen (secondary N) is 1. The van der Waals surface area contributed by atoms with Crippen LogP contribution in [-0.2, 0) is 0 Å². The number of nitrogen functional groups attached to an aromatic ring is 1. The van der Waals surface area contributed by atoms with E-state index in [9.17, 15) is 8.78 Å². The number of hydrogen-bond donors (Lipinski definition) is 2. The van der Waals surface area contributed by atoms with Crippen molar-refractivity contribution in [3.05, 3.63) is 30.5 Å². The maximum Gasteiger partial charge on any atom is 0.387 e. The summed E-state index contributed by atoms with van der Waals surface area (Å²) in [6, 6.07) is 6.08. The predicted octanol–water partition coefficient (Wildman–Crippen LogP) is 2.04. The Morgan fingerprint density at radius 2 is 2.05 bits per heavy atom. The number of benzene rings is 1. The normalized spacial score (nSPS) is 10.4. The third-order valence-corrected chi connectivity index (χ3v) is 2.44. The molecule has 20 heavy (non-hydrogen) atoms. The van der Waals surface area contributed by atoms with Crippen LogP contribution in [0.3, 0.4) is 0 Å². The first kappa shape index (κ1) is 13.9. The molecule has 0 aliphatic heterocycles. The summed E-state index contributed by atoms with van der Waals surface area (Å²) in [6.07, 6.45) is 1.50. The van der Waals surface area contributed by atoms with Crippen molar-refractivity contribution in [2.24, 2.45) is 5.84 Å². The number of ether oxygens (including phenoxy) is 2. The average Bonchev–Trinajstić information content (AvgIpc) is 2.46. The summed E-state index contributed by atoms with van der Waals surface area (Å²) in [4.78, 5) is 8.15. The molecular formula is C12H12F2N4O2. The third kappa shape index (κ3) is 3.09. The van der Waals surface area contributed by atoms with Gasteiger partial charge in [0.1, 0.15) is 5.82 Å². The number of alkyl halides is 2. The van der Waals surface area contributed by atoms with E-state index >= 15 is 0 Å². The van der Waals surface area contributed by atoms with E-state index in [0.717, 1.165) is 0 Å². The Kier molecular flexibility index (Phi) is 4.26. The first-order valence-electron chi connectivity index (χ1n) is 5.57. The zero-order chi connectivity index (χ0) is 14.5. The van der Waals surface area contributed by atoms with Gasteiger partial charge >= 0.3 is 6.61 Å². The van der Waals surface area contributed by atoms with E-state index in [1.807, 2.05) is 0 Å². The molecule has 1 aromatic carbocycles. The van der Waals surface area contributed by atoms with E-state index in [1.165, 1.54) is 25.4 Å². The van der Waals surface area contributed by atoms with E-state index < -0.39 is 6.61 Å². The molecule has 0 atom stereocenters. The molecule has 0 radical (unpaired) electrons. The number of nitrogens with zero attached hydrogens (tertiary/aromatic N) is 2. The van der Waals surface area contributed by atoms with Crippen LogP contribution in [0.4, 0.5) is 14.6 Å². The van der Waals surface area contributed by atoms with Crippen LogP contribution in [0.2, 0.25) is 0 Å². The van der Waals surface area contributed by atoms with Gasteiger partial charge in [0.2, 0.25) is 0 Å². The number of methoxy groups -OCH3 is 1. The molecule has 0 unspecified atom stereocenters. The molecule has 6 nitrogen and oxygen atoms in total. The van der Waals surface area contributed by atoms with Crippen LogP contribution in [0.15, 0.2) is 30.5 Å². The molecule has 1 aromatic heterocycles. The van der Waals surface area contributed by atoms with Crippen molar-refractivity contribution >= 4 is 5.82 Å². The van der Waals surface area contributed by atoms with E-state index in [2.05, 4.69) is 20.1 Å². The number of rotatable bonds is 5. The van der Waals surface area contributed by atoms with E-state index in [0.29, 0.717) is 17.2 Å². The monoisotopic (exact) mass is 282 g/mol. The second-order valence-corrected chi connectivity index (χ2v) is 3.65. The number of anilines is 1. The van der Waals surface area contributed by atoms with Crippen LogP contribution in [0, 0.1) is 0 Å². The van der Waals surface area contributed by atoms with E-state index in [4.69, 9.17) is 10.6 Å². The zero-order valence-corrected chi connectivity index (χ0v) is 10.5. The Balaban J connectivity index is 2.41. The minimum Gasteiger partial charge on any atom is -0.493 e. The highest BCUT2D eigenvalue weighted by Crippen LogP contribution is 2.32. The second-order valence-electron chi connectivity index (χ2n) is 3.65. The van der Waals surface area contributed by atoms with Crippen LogP contribution < -0.4 is 20.7 Å². The molecule has 0 amide bonds. The van der Waals surface area contributed by atoms with Crippen molar-refractivity contribution in [2.45, 2.75) is 6.61 Å². The van der Waals surface area contributed by atoms with Crippen molar-refractivity contribution in [1.82, 2.24) is 9.97 Å². The maximum atomic E-state index is 12.4. The lowest BCUT2D eigenvalue weighted by atomic mass is 10.2. The molecule has 0 aliphatic carbocycles. The first-order valence-corrected chi connectivity index (χ1v) is 5.57. The molecule has 0 aliphatic rings. The Morgan fingerprint density at radius 1 is 1.25 bits per heavy atom. The topological polar surface area (TPSA) is 82.3 Å². The molecule has 0 saturated carbocycles. The summed E-state index contributed by atoms with van der Waals surface area (Å²) < 4.78 is 34.1. The molecule has 3 N–H and O–H groups in total. The average molecular weight is 282 g/mol. The van der Waals surface area contributed by atoms with Gasteiger partial charge < -0.3 is 14.9 Å². The third-order valence-electron chi connectivity index (χ3n) is 2.44. The van der Waals surface area contributed by atoms with Gasteiger partial charge in [-0.3, -0.25) is 0 Å². The molecule has 2 aromatic rings. The van der Waals surface area contributed by atoms with Crippen LogP contribution in [0.5, 0.6) is 11.5 Å². The fourth-order valence-corrected chi connectivity index (χ4v) is 1.58. The highest BCUT2D eigenvalue weighted by molar-refractivity contribution is 5.62. The number of halogens is 2. The molecule has 2 rings (SSSR count). The van der Waals surface area contributed by atoms with E-state index in [-0.39, 0.29) is 11.5 Å². The molecule has 0 fully saturated rings. The van der Waals surface area contributed by atoms with Crippen LogP contribution in [-0.4, -0.2) is 23.7 Å².